The molecule has 0 saturated carbocycles. The summed E-state index contributed by atoms with van der Waals surface area (Å²) < 4.78 is 29.7. The largest absolute Gasteiger partial charge is 0.377 e. The van der Waals surface area contributed by atoms with Crippen LogP contribution in [0.1, 0.15) is 16.7 Å². The van der Waals surface area contributed by atoms with Gasteiger partial charge in [-0.3, -0.25) is 9.71 Å². The van der Waals surface area contributed by atoms with Crippen molar-refractivity contribution in [3.63, 3.8) is 0 Å². The van der Waals surface area contributed by atoms with Gasteiger partial charge in [-0.15, -0.1) is 0 Å². The van der Waals surface area contributed by atoms with Crippen molar-refractivity contribution in [3.8, 4) is 0 Å². The van der Waals surface area contributed by atoms with Gasteiger partial charge in [0.2, 0.25) is 0 Å². The van der Waals surface area contributed by atoms with Gasteiger partial charge in [0.15, 0.2) is 0 Å². The second kappa shape index (κ2) is 8.78. The quantitative estimate of drug-likeness (QED) is 0.388. The molecule has 4 aromatic rings. The summed E-state index contributed by atoms with van der Waals surface area (Å²) in [5, 5.41) is 2.21. The second-order valence-corrected chi connectivity index (χ2v) is 10.6. The molecule has 5 nitrogen and oxygen atoms in total. The normalized spacial score (nSPS) is 13.3. The maximum atomic E-state index is 13.5. The zero-order valence-corrected chi connectivity index (χ0v) is 20.5. The van der Waals surface area contributed by atoms with Gasteiger partial charge in [0.05, 0.1) is 10.6 Å². The van der Waals surface area contributed by atoms with Crippen LogP contribution in [0, 0.1) is 0 Å². The van der Waals surface area contributed by atoms with Crippen LogP contribution < -0.4 is 9.62 Å². The highest BCUT2D eigenvalue weighted by atomic mass is 35.5. The lowest BCUT2D eigenvalue weighted by Gasteiger charge is -2.19. The van der Waals surface area contributed by atoms with Gasteiger partial charge >= 0.3 is 0 Å². The molecule has 0 unspecified atom stereocenters. The Balaban J connectivity index is 1.52. The van der Waals surface area contributed by atoms with Crippen molar-refractivity contribution in [3.05, 3.63) is 101 Å². The first-order chi connectivity index (χ1) is 16.3. The number of halogens is 1. The van der Waals surface area contributed by atoms with E-state index in [0.717, 1.165) is 34.3 Å². The van der Waals surface area contributed by atoms with Crippen molar-refractivity contribution in [2.45, 2.75) is 11.3 Å². The minimum absolute atomic E-state index is 0.242. The Morgan fingerprint density at radius 1 is 0.912 bits per heavy atom. The number of fused-ring (bicyclic) bond motifs is 2. The van der Waals surface area contributed by atoms with E-state index in [1.54, 1.807) is 18.2 Å². The summed E-state index contributed by atoms with van der Waals surface area (Å²) >= 11 is 6.24. The zero-order chi connectivity index (χ0) is 23.9. The molecule has 0 radical (unpaired) electrons. The topological polar surface area (TPSA) is 61.8 Å². The molecule has 1 heterocycles. The monoisotopic (exact) mass is 489 g/mol. The van der Waals surface area contributed by atoms with Crippen LogP contribution >= 0.6 is 11.6 Å². The summed E-state index contributed by atoms with van der Waals surface area (Å²) in [6, 6.07) is 24.2. The first-order valence-electron chi connectivity index (χ1n) is 11.0. The number of benzene rings is 4. The fourth-order valence-electron chi connectivity index (χ4n) is 4.44. The first-order valence-corrected chi connectivity index (χ1v) is 12.9. The van der Waals surface area contributed by atoms with E-state index in [9.17, 15) is 8.42 Å². The average molecular weight is 490 g/mol. The van der Waals surface area contributed by atoms with Crippen molar-refractivity contribution >= 4 is 49.5 Å². The maximum absolute atomic E-state index is 13.5. The molecule has 0 atom stereocenters. The van der Waals surface area contributed by atoms with Crippen molar-refractivity contribution in [1.82, 2.24) is 0 Å². The highest BCUT2D eigenvalue weighted by Crippen LogP contribution is 2.31. The van der Waals surface area contributed by atoms with Crippen LogP contribution in [0.2, 0.25) is 5.02 Å². The number of nitrogens with zero attached hydrogens (tertiary/aromatic N) is 2. The summed E-state index contributed by atoms with van der Waals surface area (Å²) in [6.07, 6.45) is 0.859. The summed E-state index contributed by atoms with van der Waals surface area (Å²) in [5.41, 5.74) is 5.29. The first kappa shape index (κ1) is 22.4. The molecule has 1 aliphatic heterocycles. The molecule has 0 amide bonds. The maximum Gasteiger partial charge on any atom is 0.262 e. The molecule has 0 aliphatic carbocycles. The standard InChI is InChI=1S/C27H24ClN3O2S/c1-31(2)25-10-4-9-23-22(25)8-5-11-26(23)34(32,33)30-21-7-3-6-19(16-21)27-24-17-20(28)13-12-18(24)14-15-29-27/h3-13,16-17,30H,14-15H2,1-2H3. The third-order valence-corrected chi connectivity index (χ3v) is 7.67. The Hall–Kier alpha value is -3.35. The lowest BCUT2D eigenvalue weighted by atomic mass is 9.93. The minimum atomic E-state index is -3.83. The van der Waals surface area contributed by atoms with E-state index in [4.69, 9.17) is 16.6 Å². The molecular formula is C27H24ClN3O2S. The average Bonchev–Trinajstić information content (AvgIpc) is 2.82. The highest BCUT2D eigenvalue weighted by Gasteiger charge is 2.20. The summed E-state index contributed by atoms with van der Waals surface area (Å²) in [5.74, 6) is 0. The second-order valence-electron chi connectivity index (χ2n) is 8.49. The highest BCUT2D eigenvalue weighted by molar-refractivity contribution is 7.93. The summed E-state index contributed by atoms with van der Waals surface area (Å²) in [6.45, 7) is 0.685. The van der Waals surface area contributed by atoms with E-state index in [-0.39, 0.29) is 4.90 Å². The van der Waals surface area contributed by atoms with E-state index in [1.807, 2.05) is 79.7 Å². The molecule has 1 N–H and O–H groups in total. The van der Waals surface area contributed by atoms with E-state index in [0.29, 0.717) is 22.6 Å². The van der Waals surface area contributed by atoms with E-state index in [2.05, 4.69) is 4.72 Å². The molecule has 172 valence electrons. The molecule has 1 aliphatic rings. The van der Waals surface area contributed by atoms with Crippen molar-refractivity contribution in [2.24, 2.45) is 4.99 Å². The number of sulfonamides is 1. The number of hydrogen-bond acceptors (Lipinski definition) is 4. The van der Waals surface area contributed by atoms with Crippen LogP contribution in [0.3, 0.4) is 0 Å². The van der Waals surface area contributed by atoms with Gasteiger partial charge in [-0.05, 0) is 48.4 Å². The summed E-state index contributed by atoms with van der Waals surface area (Å²) in [7, 11) is 0.0603. The lowest BCUT2D eigenvalue weighted by molar-refractivity contribution is 0.602. The lowest BCUT2D eigenvalue weighted by Crippen LogP contribution is -2.16. The number of aliphatic imine (C=N–C) groups is 1. The molecule has 0 aromatic heterocycles. The smallest absolute Gasteiger partial charge is 0.262 e. The van der Waals surface area contributed by atoms with Gasteiger partial charge in [0, 0.05) is 58.9 Å². The van der Waals surface area contributed by atoms with Crippen LogP contribution in [0.15, 0.2) is 88.8 Å². The Morgan fingerprint density at radius 3 is 2.50 bits per heavy atom. The Morgan fingerprint density at radius 2 is 1.68 bits per heavy atom. The van der Waals surface area contributed by atoms with Crippen molar-refractivity contribution in [1.29, 1.82) is 0 Å². The molecule has 0 spiro atoms. The predicted octanol–water partition coefficient (Wildman–Crippen LogP) is 5.75. The predicted molar refractivity (Wildman–Crippen MR) is 141 cm³/mol. The Bertz CT molecular complexity index is 1550. The van der Waals surface area contributed by atoms with Gasteiger partial charge in [0.1, 0.15) is 0 Å². The molecule has 34 heavy (non-hydrogen) atoms. The Labute approximate surface area is 204 Å². The molecular weight excluding hydrogens is 466 g/mol. The van der Waals surface area contributed by atoms with Crippen LogP contribution in [0.5, 0.6) is 0 Å². The molecule has 0 bridgehead atoms. The fourth-order valence-corrected chi connectivity index (χ4v) is 5.88. The van der Waals surface area contributed by atoms with E-state index in [1.165, 1.54) is 5.56 Å². The van der Waals surface area contributed by atoms with Gasteiger partial charge < -0.3 is 4.90 Å². The third kappa shape index (κ3) is 4.15. The third-order valence-electron chi connectivity index (χ3n) is 6.00. The van der Waals surface area contributed by atoms with Gasteiger partial charge in [-0.25, -0.2) is 8.42 Å². The van der Waals surface area contributed by atoms with Crippen molar-refractivity contribution in [2.75, 3.05) is 30.3 Å². The number of nitrogens with one attached hydrogen (secondary N) is 1. The summed E-state index contributed by atoms with van der Waals surface area (Å²) in [4.78, 5) is 6.94. The molecule has 7 heteroatoms. The molecule has 4 aromatic carbocycles. The van der Waals surface area contributed by atoms with Crippen LogP contribution in [0.25, 0.3) is 10.8 Å². The van der Waals surface area contributed by atoms with Crippen LogP contribution in [0.4, 0.5) is 11.4 Å². The number of anilines is 2. The van der Waals surface area contributed by atoms with Crippen molar-refractivity contribution < 1.29 is 8.42 Å². The SMILES string of the molecule is CN(C)c1cccc2c(S(=O)(=O)Nc3cccc(C4=NCCc5ccc(Cl)cc54)c3)cccc12. The zero-order valence-electron chi connectivity index (χ0n) is 18.9. The van der Waals surface area contributed by atoms with Gasteiger partial charge in [-0.2, -0.15) is 0 Å². The van der Waals surface area contributed by atoms with Crippen LogP contribution in [-0.2, 0) is 16.4 Å². The molecule has 0 fully saturated rings. The number of hydrogen-bond donors (Lipinski definition) is 1. The van der Waals surface area contributed by atoms with Gasteiger partial charge in [-0.1, -0.05) is 54.1 Å². The van der Waals surface area contributed by atoms with E-state index >= 15 is 0 Å². The molecule has 5 rings (SSSR count). The van der Waals surface area contributed by atoms with Gasteiger partial charge in [0.25, 0.3) is 10.0 Å². The minimum Gasteiger partial charge on any atom is -0.377 e. The fraction of sp³-hybridized carbons (Fsp3) is 0.148. The Kier molecular flexibility index (Phi) is 5.80. The molecule has 0 saturated heterocycles. The van der Waals surface area contributed by atoms with E-state index < -0.39 is 10.0 Å². The van der Waals surface area contributed by atoms with Crippen LogP contribution in [-0.4, -0.2) is 34.8 Å². The number of rotatable bonds is 5.